The number of aliphatic hydroxyl groups is 1. The lowest BCUT2D eigenvalue weighted by Gasteiger charge is -2.17. The van der Waals surface area contributed by atoms with Crippen molar-refractivity contribution in [3.05, 3.63) is 28.8 Å². The first kappa shape index (κ1) is 10.7. The topological polar surface area (TPSA) is 38.7 Å². The standard InChI is InChI=1S/C11H13ClO3/c1-7-2-3-8(12)4-10(7)15-11-6-14-5-9(11)13/h2-4,9,11,13H,5-6H2,1H3. The van der Waals surface area contributed by atoms with Crippen LogP contribution in [0.5, 0.6) is 5.75 Å². The van der Waals surface area contributed by atoms with E-state index in [0.717, 1.165) is 5.56 Å². The van der Waals surface area contributed by atoms with Gasteiger partial charge in [0.2, 0.25) is 0 Å². The maximum absolute atomic E-state index is 9.53. The molecule has 3 nitrogen and oxygen atoms in total. The van der Waals surface area contributed by atoms with E-state index in [1.54, 1.807) is 6.07 Å². The Morgan fingerprint density at radius 3 is 2.93 bits per heavy atom. The molecule has 2 unspecified atom stereocenters. The van der Waals surface area contributed by atoms with Gasteiger partial charge in [-0.15, -0.1) is 0 Å². The summed E-state index contributed by atoms with van der Waals surface area (Å²) in [5, 5.41) is 10.2. The second kappa shape index (κ2) is 4.39. The second-order valence-electron chi connectivity index (χ2n) is 3.67. The van der Waals surface area contributed by atoms with E-state index in [1.165, 1.54) is 0 Å². The van der Waals surface area contributed by atoms with Crippen molar-refractivity contribution in [1.82, 2.24) is 0 Å². The first-order valence-electron chi connectivity index (χ1n) is 4.85. The minimum Gasteiger partial charge on any atom is -0.485 e. The first-order chi connectivity index (χ1) is 7.16. The van der Waals surface area contributed by atoms with Gasteiger partial charge in [0.15, 0.2) is 0 Å². The first-order valence-corrected chi connectivity index (χ1v) is 5.23. The summed E-state index contributed by atoms with van der Waals surface area (Å²) in [6.07, 6.45) is -0.842. The van der Waals surface area contributed by atoms with E-state index in [0.29, 0.717) is 24.0 Å². The minimum absolute atomic E-state index is 0.290. The van der Waals surface area contributed by atoms with Crippen LogP contribution in [0.2, 0.25) is 5.02 Å². The highest BCUT2D eigenvalue weighted by Crippen LogP contribution is 2.25. The van der Waals surface area contributed by atoms with Crippen molar-refractivity contribution in [2.24, 2.45) is 0 Å². The molecule has 1 heterocycles. The Balaban J connectivity index is 2.12. The van der Waals surface area contributed by atoms with Gasteiger partial charge in [-0.05, 0) is 24.6 Å². The molecule has 1 aliphatic rings. The molecular weight excluding hydrogens is 216 g/mol. The molecule has 1 aliphatic heterocycles. The van der Waals surface area contributed by atoms with Gasteiger partial charge in [0.05, 0.1) is 13.2 Å². The summed E-state index contributed by atoms with van der Waals surface area (Å²) in [5.74, 6) is 0.706. The molecule has 0 spiro atoms. The summed E-state index contributed by atoms with van der Waals surface area (Å²) in [6, 6.07) is 5.45. The Kier molecular flexibility index (Phi) is 3.14. The molecule has 1 fully saturated rings. The van der Waals surface area contributed by atoms with Crippen LogP contribution in [0.25, 0.3) is 0 Å². The van der Waals surface area contributed by atoms with Gasteiger partial charge in [-0.3, -0.25) is 0 Å². The highest BCUT2D eigenvalue weighted by molar-refractivity contribution is 6.30. The van der Waals surface area contributed by atoms with Gasteiger partial charge in [0.25, 0.3) is 0 Å². The van der Waals surface area contributed by atoms with Crippen LogP contribution in [0.15, 0.2) is 18.2 Å². The fourth-order valence-electron chi connectivity index (χ4n) is 1.50. The predicted octanol–water partition coefficient (Wildman–Crippen LogP) is 1.79. The summed E-state index contributed by atoms with van der Waals surface area (Å²) >= 11 is 5.86. The summed E-state index contributed by atoms with van der Waals surface area (Å²) in [7, 11) is 0. The van der Waals surface area contributed by atoms with E-state index >= 15 is 0 Å². The van der Waals surface area contributed by atoms with Crippen LogP contribution >= 0.6 is 11.6 Å². The summed E-state index contributed by atoms with van der Waals surface area (Å²) < 4.78 is 10.7. The highest BCUT2D eigenvalue weighted by atomic mass is 35.5. The van der Waals surface area contributed by atoms with Gasteiger partial charge in [-0.1, -0.05) is 17.7 Å². The number of hydrogen-bond donors (Lipinski definition) is 1. The average Bonchev–Trinajstić information content (AvgIpc) is 2.58. The van der Waals surface area contributed by atoms with Crippen molar-refractivity contribution in [3.63, 3.8) is 0 Å². The normalized spacial score (nSPS) is 25.5. The lowest BCUT2D eigenvalue weighted by molar-refractivity contribution is 0.0729. The van der Waals surface area contributed by atoms with Crippen LogP contribution in [0.4, 0.5) is 0 Å². The Morgan fingerprint density at radius 1 is 1.47 bits per heavy atom. The van der Waals surface area contributed by atoms with E-state index in [1.807, 2.05) is 19.1 Å². The number of benzene rings is 1. The van der Waals surface area contributed by atoms with Gasteiger partial charge < -0.3 is 14.6 Å². The lowest BCUT2D eigenvalue weighted by Crippen LogP contribution is -2.29. The molecule has 1 aromatic carbocycles. The summed E-state index contributed by atoms with van der Waals surface area (Å²) in [4.78, 5) is 0. The van der Waals surface area contributed by atoms with Crippen molar-refractivity contribution >= 4 is 11.6 Å². The third-order valence-electron chi connectivity index (χ3n) is 2.43. The molecule has 15 heavy (non-hydrogen) atoms. The van der Waals surface area contributed by atoms with E-state index in [4.69, 9.17) is 21.1 Å². The maximum atomic E-state index is 9.53. The largest absolute Gasteiger partial charge is 0.485 e. The molecule has 0 bridgehead atoms. The molecule has 0 amide bonds. The number of ether oxygens (including phenoxy) is 2. The average molecular weight is 229 g/mol. The molecule has 0 radical (unpaired) electrons. The van der Waals surface area contributed by atoms with Crippen molar-refractivity contribution in [1.29, 1.82) is 0 Å². The van der Waals surface area contributed by atoms with Gasteiger partial charge in [-0.25, -0.2) is 0 Å². The Hall–Kier alpha value is -0.770. The van der Waals surface area contributed by atoms with Crippen molar-refractivity contribution in [3.8, 4) is 5.75 Å². The smallest absolute Gasteiger partial charge is 0.150 e. The number of hydrogen-bond acceptors (Lipinski definition) is 3. The predicted molar refractivity (Wildman–Crippen MR) is 57.4 cm³/mol. The number of rotatable bonds is 2. The molecule has 2 atom stereocenters. The molecule has 1 aromatic rings. The number of aliphatic hydroxyl groups excluding tert-OH is 1. The molecule has 82 valence electrons. The molecule has 0 aliphatic carbocycles. The van der Waals surface area contributed by atoms with E-state index in [2.05, 4.69) is 0 Å². The van der Waals surface area contributed by atoms with Crippen LogP contribution in [0.1, 0.15) is 5.56 Å². The van der Waals surface area contributed by atoms with E-state index < -0.39 is 6.10 Å². The van der Waals surface area contributed by atoms with Crippen LogP contribution in [-0.4, -0.2) is 30.5 Å². The maximum Gasteiger partial charge on any atom is 0.150 e. The van der Waals surface area contributed by atoms with Gasteiger partial charge >= 0.3 is 0 Å². The van der Waals surface area contributed by atoms with Crippen LogP contribution < -0.4 is 4.74 Å². The minimum atomic E-state index is -0.552. The molecule has 0 aromatic heterocycles. The lowest BCUT2D eigenvalue weighted by atomic mass is 10.2. The van der Waals surface area contributed by atoms with Crippen LogP contribution in [0, 0.1) is 6.92 Å². The van der Waals surface area contributed by atoms with E-state index in [9.17, 15) is 5.11 Å². The summed E-state index contributed by atoms with van der Waals surface area (Å²) in [6.45, 7) is 2.70. The van der Waals surface area contributed by atoms with Crippen molar-refractivity contribution in [2.75, 3.05) is 13.2 Å². The molecule has 1 N–H and O–H groups in total. The fourth-order valence-corrected chi connectivity index (χ4v) is 1.66. The second-order valence-corrected chi connectivity index (χ2v) is 4.11. The molecule has 2 rings (SSSR count). The molecule has 1 saturated heterocycles. The molecule has 4 heteroatoms. The Morgan fingerprint density at radius 2 is 2.27 bits per heavy atom. The summed E-state index contributed by atoms with van der Waals surface area (Å²) in [5.41, 5.74) is 0.999. The van der Waals surface area contributed by atoms with E-state index in [-0.39, 0.29) is 6.10 Å². The zero-order valence-electron chi connectivity index (χ0n) is 8.44. The van der Waals surface area contributed by atoms with Crippen molar-refractivity contribution < 1.29 is 14.6 Å². The molecule has 0 saturated carbocycles. The fraction of sp³-hybridized carbons (Fsp3) is 0.455. The zero-order chi connectivity index (χ0) is 10.8. The SMILES string of the molecule is Cc1ccc(Cl)cc1OC1COCC1O. The number of aryl methyl sites for hydroxylation is 1. The quantitative estimate of drug-likeness (QED) is 0.839. The third kappa shape index (κ3) is 2.43. The third-order valence-corrected chi connectivity index (χ3v) is 2.66. The Labute approximate surface area is 93.6 Å². The molecular formula is C11H13ClO3. The van der Waals surface area contributed by atoms with Crippen molar-refractivity contribution in [2.45, 2.75) is 19.1 Å². The van der Waals surface area contributed by atoms with Crippen LogP contribution in [-0.2, 0) is 4.74 Å². The van der Waals surface area contributed by atoms with Gasteiger partial charge in [-0.2, -0.15) is 0 Å². The monoisotopic (exact) mass is 228 g/mol. The van der Waals surface area contributed by atoms with Gasteiger partial charge in [0.1, 0.15) is 18.0 Å². The Bertz CT molecular complexity index is 354. The van der Waals surface area contributed by atoms with Crippen LogP contribution in [0.3, 0.4) is 0 Å². The van der Waals surface area contributed by atoms with Gasteiger partial charge in [0, 0.05) is 5.02 Å². The zero-order valence-corrected chi connectivity index (χ0v) is 9.20. The number of halogens is 1. The highest BCUT2D eigenvalue weighted by Gasteiger charge is 2.28.